The number of unbranched alkanes of at least 4 members (excludes halogenated alkanes) is 3. The number of nitrogens with one attached hydrogen (secondary N) is 8. The number of rotatable bonds is 24. The maximum absolute atomic E-state index is 15.2. The minimum Gasteiger partial charge on any atom is -0.494 e. The fourth-order valence-electron chi connectivity index (χ4n) is 12.4. The van der Waals surface area contributed by atoms with Crippen LogP contribution in [-0.4, -0.2) is 267 Å². The number of carboxylic acids is 1. The number of benzene rings is 2. The molecule has 2 aromatic carbocycles. The maximum Gasteiger partial charge on any atom is 0.409 e. The van der Waals surface area contributed by atoms with Crippen molar-refractivity contribution in [2.75, 3.05) is 59.3 Å². The number of nitrogens with two attached hydrogens (primary N) is 1. The molecule has 14 N–H and O–H groups in total. The predicted octanol–water partition coefficient (Wildman–Crippen LogP) is -3.65. The van der Waals surface area contributed by atoms with Gasteiger partial charge in [0.25, 0.3) is 0 Å². The molecule has 0 saturated carbocycles. The Kier molecular flexibility index (Phi) is 30.4. The van der Waals surface area contributed by atoms with Crippen LogP contribution in [0, 0.1) is 11.8 Å². The third-order valence-electron chi connectivity index (χ3n) is 18.2. The van der Waals surface area contributed by atoms with Gasteiger partial charge in [-0.2, -0.15) is 0 Å². The van der Waals surface area contributed by atoms with Crippen molar-refractivity contribution in [1.82, 2.24) is 52.0 Å². The fraction of sp³-hybridized carbons (Fsp3) is 0.574. The SMILES string of the molecule is CC[C@H](C)C1NC(=O)CNC(=O)[C@@H]2Cc3c([nH]c4cc(OCCCCCCN(C)C(=O)OCc5ccc(OC6O[C@H](C(=O)OC)[C@@H](OC(C)=O)[C@H](OC(C)=O)[C@H]6OC(C)=O)c(C(=O)O)c5)ccc34)S(=O)C[C@H](NC(=O)CNC1=O)C(=O)N[C@@H](CC(N)=O)C(=O)N1C[C@H](O)C[C@H]1C(=O)N[C@@H]([C@@H](C)[C@@H](O)CO)C(=O)N2. The number of aromatic nitrogens is 1. The largest absolute Gasteiger partial charge is 0.494 e. The van der Waals surface area contributed by atoms with Crippen molar-refractivity contribution in [3.63, 3.8) is 0 Å². The first-order valence-electron chi connectivity index (χ1n) is 34.6. The van der Waals surface area contributed by atoms with Crippen molar-refractivity contribution in [3.05, 3.63) is 53.1 Å². The number of H-pyrrole nitrogens is 1. The van der Waals surface area contributed by atoms with Crippen molar-refractivity contribution in [1.29, 1.82) is 0 Å². The van der Waals surface area contributed by atoms with E-state index < -0.39 is 260 Å². The van der Waals surface area contributed by atoms with Gasteiger partial charge in [0.2, 0.25) is 65.6 Å². The Balaban J connectivity index is 1.09. The van der Waals surface area contributed by atoms with Crippen LogP contribution in [0.15, 0.2) is 41.4 Å². The van der Waals surface area contributed by atoms with Crippen LogP contribution in [0.25, 0.3) is 10.9 Å². The number of methoxy groups -OCH3 is 1. The molecule has 40 heteroatoms. The van der Waals surface area contributed by atoms with E-state index in [4.69, 9.17) is 43.6 Å². The average Bonchev–Trinajstić information content (AvgIpc) is 1.53. The highest BCUT2D eigenvalue weighted by Crippen LogP contribution is 2.35. The topological polar surface area (TPSA) is 560 Å². The number of hydrogen-bond acceptors (Lipinski definition) is 27. The van der Waals surface area contributed by atoms with E-state index in [9.17, 15) is 92.3 Å². The summed E-state index contributed by atoms with van der Waals surface area (Å²) in [5.74, 6) is -18.0. The van der Waals surface area contributed by atoms with Crippen molar-refractivity contribution in [2.24, 2.45) is 17.6 Å². The minimum absolute atomic E-state index is 0.0541. The van der Waals surface area contributed by atoms with Gasteiger partial charge >= 0.3 is 35.9 Å². The Labute approximate surface area is 620 Å². The van der Waals surface area contributed by atoms with Crippen molar-refractivity contribution >= 4 is 111 Å². The number of nitrogens with zero attached hydrogens (tertiary/aromatic N) is 2. The van der Waals surface area contributed by atoms with Crippen molar-refractivity contribution < 1.29 is 134 Å². The summed E-state index contributed by atoms with van der Waals surface area (Å²) in [4.78, 5) is 207. The van der Waals surface area contributed by atoms with E-state index >= 15 is 4.21 Å². The Hall–Kier alpha value is -10.6. The summed E-state index contributed by atoms with van der Waals surface area (Å²) < 4.78 is 59.2. The summed E-state index contributed by atoms with van der Waals surface area (Å²) in [6.45, 7) is 4.38. The van der Waals surface area contributed by atoms with Crippen LogP contribution in [0.1, 0.15) is 108 Å². The lowest BCUT2D eigenvalue weighted by atomic mass is 9.93. The smallest absolute Gasteiger partial charge is 0.409 e. The van der Waals surface area contributed by atoms with Gasteiger partial charge in [-0.3, -0.25) is 61.7 Å². The third kappa shape index (κ3) is 22.5. The van der Waals surface area contributed by atoms with E-state index in [-0.39, 0.29) is 46.0 Å². The standard InChI is InChI=1S/C68H91N11O28S/c1-9-31(2)52-61(92)71-25-50(87)72-45-30-108(99)63-40(23-43(58(89)70-26-51(88)76-52)73-62(93)53(32(3)47(85)28-80)77-60(91)46-21-37(84)27-79(46)64(94)44(24-49(69)86)74-59(45)90)39-16-15-38(22-42(39)75-63)101-19-13-11-10-12-18-78(7)68(98)102-29-36-14-17-48(41(20-36)65(95)96)106-67-57(105-35(6)83)55(104-34(5)82)54(103-33(4)81)56(107-67)66(97)100-8/h14-17,20,22,31-32,37,43-47,52-57,67,75,80,84-85H,9-13,18-19,21,23-30H2,1-8H3,(H2,69,86)(H,70,89)(H,71,92)(H,72,87)(H,73,93)(H,74,90)(H,76,88)(H,77,91)(H,95,96)/t31-,32-,37+,43-,44-,45-,46-,47-,52?,53-,54-,55-,56-,57+,67?,108?/m0/s1. The number of aromatic carboxylic acids is 1. The van der Waals surface area contributed by atoms with Crippen LogP contribution in [0.3, 0.4) is 0 Å². The second kappa shape index (κ2) is 38.8. The molecule has 5 heterocycles. The van der Waals surface area contributed by atoms with Crippen molar-refractivity contribution in [3.8, 4) is 11.5 Å². The highest BCUT2D eigenvalue weighted by molar-refractivity contribution is 7.85. The second-order valence-electron chi connectivity index (χ2n) is 26.3. The molecule has 7 rings (SSSR count). The molecule has 108 heavy (non-hydrogen) atoms. The molecule has 4 aliphatic rings. The molecule has 4 aliphatic heterocycles. The number of hydrogen-bond donors (Lipinski definition) is 13. The molecular weight excluding hydrogens is 1450 g/mol. The lowest BCUT2D eigenvalue weighted by molar-refractivity contribution is -0.282. The van der Waals surface area contributed by atoms with Gasteiger partial charge in [0.05, 0.1) is 74.1 Å². The average molecular weight is 1540 g/mol. The van der Waals surface area contributed by atoms with Gasteiger partial charge < -0.3 is 116 Å². The van der Waals surface area contributed by atoms with Gasteiger partial charge in [-0.25, -0.2) is 14.4 Å². The molecule has 2 fully saturated rings. The summed E-state index contributed by atoms with van der Waals surface area (Å²) in [6, 6.07) is -2.13. The monoisotopic (exact) mass is 1540 g/mol. The van der Waals surface area contributed by atoms with Crippen LogP contribution in [0.2, 0.25) is 0 Å². The first kappa shape index (κ1) is 84.7. The highest BCUT2D eigenvalue weighted by Gasteiger charge is 2.56. The van der Waals surface area contributed by atoms with Crippen molar-refractivity contribution in [2.45, 2.75) is 184 Å². The number of ether oxygens (including phenoxy) is 8. The Morgan fingerprint density at radius 1 is 0.769 bits per heavy atom. The zero-order valence-electron chi connectivity index (χ0n) is 60.4. The number of esters is 4. The van der Waals surface area contributed by atoms with E-state index in [2.05, 4.69) is 42.2 Å². The van der Waals surface area contributed by atoms with E-state index in [0.717, 1.165) is 38.8 Å². The van der Waals surface area contributed by atoms with Crippen LogP contribution >= 0.6 is 0 Å². The third-order valence-corrected chi connectivity index (χ3v) is 19.6. The number of primary amides is 1. The van der Waals surface area contributed by atoms with Crippen LogP contribution in [0.4, 0.5) is 4.79 Å². The molecule has 10 amide bonds. The van der Waals surface area contributed by atoms with E-state index in [0.29, 0.717) is 32.1 Å². The normalized spacial score (nSPS) is 25.5. The summed E-state index contributed by atoms with van der Waals surface area (Å²) in [5, 5.41) is 59.5. The Morgan fingerprint density at radius 2 is 1.43 bits per heavy atom. The quantitative estimate of drug-likeness (QED) is 0.0234. The molecule has 2 bridgehead atoms. The molecule has 0 aliphatic carbocycles. The first-order chi connectivity index (χ1) is 51.1. The highest BCUT2D eigenvalue weighted by atomic mass is 32.2. The molecule has 0 radical (unpaired) electrons. The Bertz CT molecular complexity index is 3910. The van der Waals surface area contributed by atoms with Crippen LogP contribution in [-0.2, 0) is 115 Å². The summed E-state index contributed by atoms with van der Waals surface area (Å²) in [7, 11) is -0.0146. The van der Waals surface area contributed by atoms with Gasteiger partial charge in [-0.15, -0.1) is 0 Å². The van der Waals surface area contributed by atoms with Gasteiger partial charge in [-0.05, 0) is 54.2 Å². The van der Waals surface area contributed by atoms with Gasteiger partial charge in [0, 0.05) is 71.1 Å². The van der Waals surface area contributed by atoms with Gasteiger partial charge in [0.1, 0.15) is 64.9 Å². The zero-order valence-corrected chi connectivity index (χ0v) is 61.2. The molecule has 39 nitrogen and oxygen atoms in total. The number of aromatic amines is 1. The number of carboxylic acid groups (broad SMARTS) is 1. The van der Waals surface area contributed by atoms with Gasteiger partial charge in [0.15, 0.2) is 18.3 Å². The molecular formula is C68H91N11O28S. The number of fused-ring (bicyclic) bond motifs is 5. The summed E-state index contributed by atoms with van der Waals surface area (Å²) in [6.07, 6.45) is -12.3. The molecule has 1 aromatic heterocycles. The molecule has 3 aromatic rings. The number of aliphatic hydroxyl groups is 3. The maximum atomic E-state index is 15.2. The molecule has 2 saturated heterocycles. The number of aliphatic hydroxyl groups excluding tert-OH is 3. The molecule has 592 valence electrons. The fourth-order valence-corrected chi connectivity index (χ4v) is 13.8. The lowest BCUT2D eigenvalue weighted by Crippen LogP contribution is -2.64. The summed E-state index contributed by atoms with van der Waals surface area (Å²) >= 11 is 0. The molecule has 16 atom stereocenters. The van der Waals surface area contributed by atoms with Crippen LogP contribution in [0.5, 0.6) is 11.5 Å². The van der Waals surface area contributed by atoms with E-state index in [1.165, 1.54) is 49.2 Å². The zero-order chi connectivity index (χ0) is 79.5. The Morgan fingerprint density at radius 3 is 2.07 bits per heavy atom. The predicted molar refractivity (Wildman–Crippen MR) is 369 cm³/mol. The first-order valence-corrected chi connectivity index (χ1v) is 35.9. The molecule has 3 unspecified atom stereocenters. The number of amides is 10. The molecule has 0 spiro atoms. The van der Waals surface area contributed by atoms with Crippen LogP contribution < -0.4 is 52.4 Å². The van der Waals surface area contributed by atoms with E-state index in [1.807, 2.05) is 0 Å². The second-order valence-corrected chi connectivity index (χ2v) is 27.7. The van der Waals surface area contributed by atoms with Gasteiger partial charge in [-0.1, -0.05) is 46.1 Å². The number of carbonyl (C=O) groups is 15. The summed E-state index contributed by atoms with van der Waals surface area (Å²) in [5.41, 5.74) is 5.52. The minimum atomic E-state index is -2.48. The number of carbonyl (C=O) groups excluding carboxylic acids is 14. The lowest BCUT2D eigenvalue weighted by Gasteiger charge is -2.43. The van der Waals surface area contributed by atoms with E-state index in [1.54, 1.807) is 13.8 Å².